The Balaban J connectivity index is 1.31. The zero-order valence-electron chi connectivity index (χ0n) is 19.0. The van der Waals surface area contributed by atoms with Gasteiger partial charge in [-0.15, -0.1) is 0 Å². The van der Waals surface area contributed by atoms with Crippen molar-refractivity contribution in [3.8, 4) is 0 Å². The molecule has 2 N–H and O–H groups in total. The van der Waals surface area contributed by atoms with Crippen molar-refractivity contribution >= 4 is 5.96 Å². The van der Waals surface area contributed by atoms with Crippen molar-refractivity contribution in [2.45, 2.75) is 31.7 Å². The second kappa shape index (κ2) is 12.7. The van der Waals surface area contributed by atoms with Gasteiger partial charge in [0.25, 0.3) is 0 Å². The molecular formula is C24H37N5O3. The Morgan fingerprint density at radius 2 is 1.75 bits per heavy atom. The van der Waals surface area contributed by atoms with E-state index < -0.39 is 0 Å². The van der Waals surface area contributed by atoms with E-state index in [1.165, 1.54) is 12.8 Å². The standard InChI is InChI=1S/C24H37N5O3/c1-2-13-29(12-1)22(23-7-4-17-32-23)20-27-24(26-10-8-21-6-3-16-31-21)25-9-5-11-28-14-18-30-19-15-28/h3-4,6-7,16-17,22H,1-2,5,8-15,18-20H2,(H2,25,26,27). The van der Waals surface area contributed by atoms with E-state index in [9.17, 15) is 0 Å². The molecule has 2 aromatic rings. The number of furan rings is 2. The Kier molecular flexibility index (Phi) is 9.06. The molecule has 0 aromatic carbocycles. The van der Waals surface area contributed by atoms with Gasteiger partial charge in [-0.05, 0) is 63.2 Å². The molecule has 2 aliphatic heterocycles. The van der Waals surface area contributed by atoms with Crippen molar-refractivity contribution < 1.29 is 13.6 Å². The number of hydrogen-bond donors (Lipinski definition) is 2. The maximum Gasteiger partial charge on any atom is 0.191 e. The molecule has 4 rings (SSSR count). The van der Waals surface area contributed by atoms with Crippen LogP contribution < -0.4 is 10.6 Å². The molecule has 2 aliphatic rings. The zero-order valence-corrected chi connectivity index (χ0v) is 19.0. The van der Waals surface area contributed by atoms with Gasteiger partial charge in [0.15, 0.2) is 5.96 Å². The minimum atomic E-state index is 0.185. The number of guanidine groups is 1. The highest BCUT2D eigenvalue weighted by molar-refractivity contribution is 5.79. The highest BCUT2D eigenvalue weighted by Crippen LogP contribution is 2.25. The monoisotopic (exact) mass is 443 g/mol. The number of morpholine rings is 1. The van der Waals surface area contributed by atoms with Crippen molar-refractivity contribution in [2.24, 2.45) is 4.99 Å². The first-order chi connectivity index (χ1) is 15.9. The summed E-state index contributed by atoms with van der Waals surface area (Å²) in [6.07, 6.45) is 7.87. The van der Waals surface area contributed by atoms with Crippen LogP contribution in [0.4, 0.5) is 0 Å². The van der Waals surface area contributed by atoms with Gasteiger partial charge >= 0.3 is 0 Å². The van der Waals surface area contributed by atoms with Crippen LogP contribution in [0.25, 0.3) is 0 Å². The molecule has 2 aromatic heterocycles. The summed E-state index contributed by atoms with van der Waals surface area (Å²) in [4.78, 5) is 9.91. The van der Waals surface area contributed by atoms with E-state index in [0.717, 1.165) is 89.3 Å². The normalized spacial score (nSPS) is 19.3. The lowest BCUT2D eigenvalue weighted by Gasteiger charge is -2.26. The van der Waals surface area contributed by atoms with Gasteiger partial charge in [0, 0.05) is 32.6 Å². The van der Waals surface area contributed by atoms with Gasteiger partial charge < -0.3 is 24.2 Å². The van der Waals surface area contributed by atoms with Crippen LogP contribution >= 0.6 is 0 Å². The van der Waals surface area contributed by atoms with E-state index in [2.05, 4.69) is 26.5 Å². The van der Waals surface area contributed by atoms with Gasteiger partial charge in [-0.1, -0.05) is 0 Å². The van der Waals surface area contributed by atoms with E-state index in [1.807, 2.05) is 18.2 Å². The molecule has 0 spiro atoms. The predicted octanol–water partition coefficient (Wildman–Crippen LogP) is 2.51. The number of hydrogen-bond acceptors (Lipinski definition) is 6. The van der Waals surface area contributed by atoms with Crippen LogP contribution in [0.2, 0.25) is 0 Å². The molecule has 2 fully saturated rings. The molecule has 0 aliphatic carbocycles. The number of nitrogens with one attached hydrogen (secondary N) is 2. The summed E-state index contributed by atoms with van der Waals surface area (Å²) in [6, 6.07) is 8.16. The number of aliphatic imine (C=N–C) groups is 1. The fraction of sp³-hybridized carbons (Fsp3) is 0.625. The van der Waals surface area contributed by atoms with E-state index in [-0.39, 0.29) is 6.04 Å². The molecule has 32 heavy (non-hydrogen) atoms. The number of likely N-dealkylation sites (tertiary alicyclic amines) is 1. The number of nitrogens with zero attached hydrogens (tertiary/aromatic N) is 3. The Morgan fingerprint density at radius 1 is 0.969 bits per heavy atom. The van der Waals surface area contributed by atoms with E-state index in [1.54, 1.807) is 12.5 Å². The van der Waals surface area contributed by atoms with Crippen LogP contribution in [-0.2, 0) is 11.2 Å². The van der Waals surface area contributed by atoms with Crippen LogP contribution in [0, 0.1) is 0 Å². The van der Waals surface area contributed by atoms with Crippen LogP contribution in [-0.4, -0.2) is 81.3 Å². The van der Waals surface area contributed by atoms with Gasteiger partial charge in [-0.3, -0.25) is 14.8 Å². The minimum absolute atomic E-state index is 0.185. The van der Waals surface area contributed by atoms with Gasteiger partial charge in [-0.25, -0.2) is 0 Å². The van der Waals surface area contributed by atoms with Crippen molar-refractivity contribution in [1.82, 2.24) is 20.4 Å². The lowest BCUT2D eigenvalue weighted by Crippen LogP contribution is -2.41. The number of ether oxygens (including phenoxy) is 1. The summed E-state index contributed by atoms with van der Waals surface area (Å²) < 4.78 is 16.7. The minimum Gasteiger partial charge on any atom is -0.469 e. The van der Waals surface area contributed by atoms with Gasteiger partial charge in [-0.2, -0.15) is 0 Å². The maximum absolute atomic E-state index is 5.76. The number of rotatable bonds is 11. The highest BCUT2D eigenvalue weighted by atomic mass is 16.5. The molecule has 2 saturated heterocycles. The van der Waals surface area contributed by atoms with Crippen molar-refractivity contribution in [3.63, 3.8) is 0 Å². The molecule has 8 heteroatoms. The molecular weight excluding hydrogens is 406 g/mol. The average molecular weight is 444 g/mol. The fourth-order valence-corrected chi connectivity index (χ4v) is 4.36. The SMILES string of the molecule is c1coc(CCNC(=NCC(c2ccco2)N2CCCC2)NCCCN2CCOCC2)c1. The summed E-state index contributed by atoms with van der Waals surface area (Å²) >= 11 is 0. The van der Waals surface area contributed by atoms with Crippen LogP contribution in [0.15, 0.2) is 50.6 Å². The Hall–Kier alpha value is -2.29. The smallest absolute Gasteiger partial charge is 0.191 e. The first-order valence-electron chi connectivity index (χ1n) is 12.0. The van der Waals surface area contributed by atoms with Gasteiger partial charge in [0.05, 0.1) is 38.3 Å². The van der Waals surface area contributed by atoms with Crippen LogP contribution in [0.1, 0.15) is 36.8 Å². The second-order valence-electron chi connectivity index (χ2n) is 8.45. The Bertz CT molecular complexity index is 766. The molecule has 0 radical (unpaired) electrons. The molecule has 0 saturated carbocycles. The van der Waals surface area contributed by atoms with Crippen molar-refractivity contribution in [1.29, 1.82) is 0 Å². The van der Waals surface area contributed by atoms with Crippen molar-refractivity contribution in [3.05, 3.63) is 48.3 Å². The third-order valence-electron chi connectivity index (χ3n) is 6.17. The topological polar surface area (TPSA) is 78.4 Å². The quantitative estimate of drug-likeness (QED) is 0.314. The largest absolute Gasteiger partial charge is 0.469 e. The summed E-state index contributed by atoms with van der Waals surface area (Å²) in [7, 11) is 0. The van der Waals surface area contributed by atoms with Gasteiger partial charge in [0.2, 0.25) is 0 Å². The third-order valence-corrected chi connectivity index (χ3v) is 6.17. The first kappa shape index (κ1) is 22.9. The molecule has 8 nitrogen and oxygen atoms in total. The average Bonchev–Trinajstić information content (AvgIpc) is 3.61. The summed E-state index contributed by atoms with van der Waals surface area (Å²) in [5.74, 6) is 2.84. The maximum atomic E-state index is 5.76. The van der Waals surface area contributed by atoms with Gasteiger partial charge in [0.1, 0.15) is 11.5 Å². The Labute approximate surface area is 191 Å². The second-order valence-corrected chi connectivity index (χ2v) is 8.45. The van der Waals surface area contributed by atoms with Crippen molar-refractivity contribution in [2.75, 3.05) is 65.6 Å². The highest BCUT2D eigenvalue weighted by Gasteiger charge is 2.25. The molecule has 1 atom stereocenters. The molecule has 4 heterocycles. The first-order valence-corrected chi connectivity index (χ1v) is 12.0. The molecule has 0 bridgehead atoms. The fourth-order valence-electron chi connectivity index (χ4n) is 4.36. The molecule has 0 amide bonds. The molecule has 176 valence electrons. The third kappa shape index (κ3) is 7.12. The zero-order chi connectivity index (χ0) is 21.8. The predicted molar refractivity (Wildman–Crippen MR) is 125 cm³/mol. The summed E-state index contributed by atoms with van der Waals surface area (Å²) in [5.41, 5.74) is 0. The van der Waals surface area contributed by atoms with E-state index >= 15 is 0 Å². The summed E-state index contributed by atoms with van der Waals surface area (Å²) in [5, 5.41) is 7.02. The lowest BCUT2D eigenvalue weighted by atomic mass is 10.2. The van der Waals surface area contributed by atoms with E-state index in [0.29, 0.717) is 6.54 Å². The van der Waals surface area contributed by atoms with Crippen LogP contribution in [0.3, 0.4) is 0 Å². The lowest BCUT2D eigenvalue weighted by molar-refractivity contribution is 0.0376. The van der Waals surface area contributed by atoms with E-state index in [4.69, 9.17) is 18.6 Å². The van der Waals surface area contributed by atoms with Crippen LogP contribution in [0.5, 0.6) is 0 Å². The summed E-state index contributed by atoms with van der Waals surface area (Å²) in [6.45, 7) is 9.39. The Morgan fingerprint density at radius 3 is 2.50 bits per heavy atom. The molecule has 1 unspecified atom stereocenters.